The third-order valence-electron chi connectivity index (χ3n) is 1.38. The Morgan fingerprint density at radius 2 is 2.10 bits per heavy atom. The van der Waals surface area contributed by atoms with Gasteiger partial charge in [-0.3, -0.25) is 0 Å². The molecule has 0 saturated carbocycles. The first-order chi connectivity index (χ1) is 4.88. The highest BCUT2D eigenvalue weighted by Gasteiger charge is 1.95. The van der Waals surface area contributed by atoms with Crippen molar-refractivity contribution < 1.29 is 0 Å². The topological polar surface area (TPSA) is 30.7 Å². The summed E-state index contributed by atoms with van der Waals surface area (Å²) in [5.74, 6) is 0. The molecule has 0 bridgehead atoms. The molecule has 0 saturated heterocycles. The van der Waals surface area contributed by atoms with Gasteiger partial charge < -0.3 is 4.59 Å². The molecule has 0 aliphatic heterocycles. The van der Waals surface area contributed by atoms with Gasteiger partial charge in [0.05, 0.1) is 5.52 Å². The van der Waals surface area contributed by atoms with Crippen LogP contribution in [0.2, 0.25) is 0 Å². The summed E-state index contributed by atoms with van der Waals surface area (Å²) >= 11 is 0. The van der Waals surface area contributed by atoms with E-state index in [-0.39, 0.29) is 0 Å². The zero-order valence-corrected chi connectivity index (χ0v) is 5.23. The average molecular weight is 129 g/mol. The lowest BCUT2D eigenvalue weighted by Gasteiger charge is -1.87. The first-order valence-corrected chi connectivity index (χ1v) is 2.93. The molecule has 1 aromatic carbocycles. The summed E-state index contributed by atoms with van der Waals surface area (Å²) in [7, 11) is 5.42. The van der Waals surface area contributed by atoms with Crippen molar-refractivity contribution in [3.63, 3.8) is 0 Å². The summed E-state index contributed by atoms with van der Waals surface area (Å²) in [5, 5.41) is 7.45. The fourth-order valence-corrected chi connectivity index (χ4v) is 0.887. The molecular weight excluding hydrogens is 125 g/mol. The molecule has 3 nitrogen and oxygen atoms in total. The van der Waals surface area contributed by atoms with E-state index in [9.17, 15) is 0 Å². The van der Waals surface area contributed by atoms with Crippen LogP contribution < -0.4 is 0 Å². The minimum atomic E-state index is 0.824. The van der Waals surface area contributed by atoms with Crippen molar-refractivity contribution in [2.75, 3.05) is 0 Å². The molecular formula is C6H4BN3. The zero-order valence-electron chi connectivity index (χ0n) is 5.23. The predicted octanol–water partition coefficient (Wildman–Crippen LogP) is 0.363. The van der Waals surface area contributed by atoms with Crippen molar-refractivity contribution in [1.29, 1.82) is 0 Å². The Hall–Kier alpha value is -1.32. The maximum Gasteiger partial charge on any atom is 0.267 e. The minimum absolute atomic E-state index is 0.824. The largest absolute Gasteiger partial charge is 0.304 e. The van der Waals surface area contributed by atoms with Crippen molar-refractivity contribution >= 4 is 19.0 Å². The first-order valence-electron chi connectivity index (χ1n) is 2.93. The highest BCUT2D eigenvalue weighted by atomic mass is 15.4. The highest BCUT2D eigenvalue weighted by Crippen LogP contribution is 2.06. The van der Waals surface area contributed by atoms with Crippen LogP contribution in [0.15, 0.2) is 24.3 Å². The Morgan fingerprint density at radius 3 is 2.90 bits per heavy atom. The molecule has 2 aromatic rings. The van der Waals surface area contributed by atoms with Gasteiger partial charge in [0.1, 0.15) is 5.52 Å². The second-order valence-corrected chi connectivity index (χ2v) is 2.02. The van der Waals surface area contributed by atoms with Gasteiger partial charge in [0.25, 0.3) is 7.98 Å². The molecule has 0 amide bonds. The van der Waals surface area contributed by atoms with E-state index in [1.165, 1.54) is 4.59 Å². The number of rotatable bonds is 0. The molecule has 2 rings (SSSR count). The Labute approximate surface area is 59.1 Å². The Morgan fingerprint density at radius 1 is 1.30 bits per heavy atom. The third-order valence-corrected chi connectivity index (χ3v) is 1.38. The van der Waals surface area contributed by atoms with Crippen LogP contribution in [0.1, 0.15) is 0 Å². The van der Waals surface area contributed by atoms with Crippen LogP contribution in [0.5, 0.6) is 0 Å². The van der Waals surface area contributed by atoms with E-state index >= 15 is 0 Å². The number of hydrogen-bond donors (Lipinski definition) is 0. The fraction of sp³-hybridized carbons (Fsp3) is 0. The van der Waals surface area contributed by atoms with Gasteiger partial charge in [0, 0.05) is 0 Å². The van der Waals surface area contributed by atoms with Crippen molar-refractivity contribution in [3.05, 3.63) is 24.3 Å². The van der Waals surface area contributed by atoms with Gasteiger partial charge in [0.15, 0.2) is 0 Å². The maximum absolute atomic E-state index is 5.42. The fourth-order valence-electron chi connectivity index (χ4n) is 0.887. The van der Waals surface area contributed by atoms with Crippen molar-refractivity contribution in [2.24, 2.45) is 0 Å². The summed E-state index contributed by atoms with van der Waals surface area (Å²) in [6.07, 6.45) is 0. The van der Waals surface area contributed by atoms with Gasteiger partial charge >= 0.3 is 0 Å². The summed E-state index contributed by atoms with van der Waals surface area (Å²) in [5.41, 5.74) is 1.67. The molecule has 0 unspecified atom stereocenters. The lowest BCUT2D eigenvalue weighted by molar-refractivity contribution is 0.898. The van der Waals surface area contributed by atoms with E-state index in [1.807, 2.05) is 24.3 Å². The van der Waals surface area contributed by atoms with Crippen LogP contribution in [0.3, 0.4) is 0 Å². The smallest absolute Gasteiger partial charge is 0.267 e. The Bertz CT molecular complexity index is 355. The molecule has 0 N–H and O–H groups in total. The average Bonchev–Trinajstić information content (AvgIpc) is 2.34. The normalized spacial score (nSPS) is 10.4. The molecule has 46 valence electrons. The standard InChI is InChI=1S/C6H4BN3/c7-10-6-4-2-1-3-5(6)8-9-10/h1-4H. The summed E-state index contributed by atoms with van der Waals surface area (Å²) in [6.45, 7) is 0. The molecule has 10 heavy (non-hydrogen) atoms. The highest BCUT2D eigenvalue weighted by molar-refractivity contribution is 6.09. The quantitative estimate of drug-likeness (QED) is 0.481. The van der Waals surface area contributed by atoms with Crippen LogP contribution in [0.25, 0.3) is 11.0 Å². The SMILES string of the molecule is [B]n1nnc2ccccc21. The van der Waals surface area contributed by atoms with Gasteiger partial charge in [-0.25, -0.2) is 0 Å². The molecule has 2 radical (unpaired) electrons. The second kappa shape index (κ2) is 1.83. The van der Waals surface area contributed by atoms with Gasteiger partial charge in [-0.1, -0.05) is 17.3 Å². The number of aromatic nitrogens is 3. The van der Waals surface area contributed by atoms with Gasteiger partial charge in [-0.15, -0.1) is 5.10 Å². The molecule has 0 spiro atoms. The molecule has 1 heterocycles. The summed E-state index contributed by atoms with van der Waals surface area (Å²) < 4.78 is 1.26. The lowest BCUT2D eigenvalue weighted by Crippen LogP contribution is -1.92. The minimum Gasteiger partial charge on any atom is -0.304 e. The van der Waals surface area contributed by atoms with Crippen LogP contribution in [-0.2, 0) is 0 Å². The van der Waals surface area contributed by atoms with Crippen LogP contribution in [0, 0.1) is 0 Å². The number of benzene rings is 1. The van der Waals surface area contributed by atoms with Crippen molar-refractivity contribution in [2.45, 2.75) is 0 Å². The third kappa shape index (κ3) is 0.619. The predicted molar refractivity (Wildman–Crippen MR) is 38.7 cm³/mol. The zero-order chi connectivity index (χ0) is 6.97. The molecule has 0 fully saturated rings. The van der Waals surface area contributed by atoms with Crippen molar-refractivity contribution in [3.8, 4) is 0 Å². The first kappa shape index (κ1) is 5.47. The van der Waals surface area contributed by atoms with Crippen LogP contribution in [-0.4, -0.2) is 22.9 Å². The van der Waals surface area contributed by atoms with Gasteiger partial charge in [0.2, 0.25) is 0 Å². The summed E-state index contributed by atoms with van der Waals surface area (Å²) in [6, 6.07) is 7.53. The monoisotopic (exact) mass is 129 g/mol. The van der Waals surface area contributed by atoms with E-state index < -0.39 is 0 Å². The lowest BCUT2D eigenvalue weighted by atomic mass is 10.3. The molecule has 1 aromatic heterocycles. The molecule has 0 aliphatic rings. The Balaban J connectivity index is 2.93. The van der Waals surface area contributed by atoms with Crippen LogP contribution >= 0.6 is 0 Å². The second-order valence-electron chi connectivity index (χ2n) is 2.02. The molecule has 0 atom stereocenters. The maximum atomic E-state index is 5.42. The van der Waals surface area contributed by atoms with Gasteiger partial charge in [-0.2, -0.15) is 0 Å². The number of fused-ring (bicyclic) bond motifs is 1. The van der Waals surface area contributed by atoms with E-state index in [2.05, 4.69) is 10.3 Å². The van der Waals surface area contributed by atoms with Crippen molar-refractivity contribution in [1.82, 2.24) is 14.9 Å². The van der Waals surface area contributed by atoms with Crippen LogP contribution in [0.4, 0.5) is 0 Å². The molecule has 0 aliphatic carbocycles. The number of hydrogen-bond acceptors (Lipinski definition) is 2. The number of nitrogens with zero attached hydrogens (tertiary/aromatic N) is 3. The summed E-state index contributed by atoms with van der Waals surface area (Å²) in [4.78, 5) is 0. The van der Waals surface area contributed by atoms with E-state index in [0.717, 1.165) is 11.0 Å². The van der Waals surface area contributed by atoms with E-state index in [4.69, 9.17) is 7.98 Å². The number of para-hydroxylation sites is 1. The van der Waals surface area contributed by atoms with E-state index in [1.54, 1.807) is 0 Å². The molecule has 4 heteroatoms. The van der Waals surface area contributed by atoms with E-state index in [0.29, 0.717) is 0 Å². The van der Waals surface area contributed by atoms with Gasteiger partial charge in [-0.05, 0) is 12.1 Å². The Kier molecular flexibility index (Phi) is 1.00.